The molecule has 0 radical (unpaired) electrons. The van der Waals surface area contributed by atoms with Crippen molar-refractivity contribution in [1.82, 2.24) is 10.2 Å². The average molecular weight is 351 g/mol. The van der Waals surface area contributed by atoms with Crippen molar-refractivity contribution in [3.8, 4) is 5.75 Å². The van der Waals surface area contributed by atoms with Gasteiger partial charge < -0.3 is 4.74 Å². The van der Waals surface area contributed by atoms with E-state index in [4.69, 9.17) is 4.74 Å². The van der Waals surface area contributed by atoms with Crippen LogP contribution >= 0.6 is 12.4 Å². The number of aromatic nitrogens is 2. The standard InChI is InChI=1S/C20H30N2O.ClH/c1-14-10-11-19(18(13-14)20(4,5)6)23-12-8-7-9-17-15(2)21-22-16(17)3;/h10-11,13H,7-9,12H2,1-6H3,(H,21,22);1H. The third-order valence-corrected chi connectivity index (χ3v) is 4.30. The molecule has 0 amide bonds. The number of aryl methyl sites for hydroxylation is 3. The van der Waals surface area contributed by atoms with Gasteiger partial charge in [0, 0.05) is 5.69 Å². The first kappa shape index (κ1) is 20.6. The molecule has 0 saturated carbocycles. The van der Waals surface area contributed by atoms with Crippen LogP contribution in [-0.2, 0) is 11.8 Å². The van der Waals surface area contributed by atoms with Gasteiger partial charge in [-0.3, -0.25) is 5.10 Å². The molecule has 1 N–H and O–H groups in total. The lowest BCUT2D eigenvalue weighted by molar-refractivity contribution is 0.299. The van der Waals surface area contributed by atoms with Gasteiger partial charge >= 0.3 is 0 Å². The van der Waals surface area contributed by atoms with E-state index in [1.165, 1.54) is 22.4 Å². The summed E-state index contributed by atoms with van der Waals surface area (Å²) in [5.74, 6) is 1.03. The van der Waals surface area contributed by atoms with Crippen LogP contribution in [0.25, 0.3) is 0 Å². The molecule has 0 spiro atoms. The summed E-state index contributed by atoms with van der Waals surface area (Å²) in [7, 11) is 0. The van der Waals surface area contributed by atoms with Gasteiger partial charge in [-0.2, -0.15) is 5.10 Å². The monoisotopic (exact) mass is 350 g/mol. The summed E-state index contributed by atoms with van der Waals surface area (Å²) in [5, 5.41) is 7.31. The number of H-pyrrole nitrogens is 1. The zero-order chi connectivity index (χ0) is 17.0. The highest BCUT2D eigenvalue weighted by atomic mass is 35.5. The van der Waals surface area contributed by atoms with Crippen LogP contribution in [0.5, 0.6) is 5.75 Å². The Balaban J connectivity index is 0.00000288. The SMILES string of the molecule is Cc1ccc(OCCCCc2c(C)n[nH]c2C)c(C(C)(C)C)c1.Cl. The Bertz CT molecular complexity index is 637. The van der Waals surface area contributed by atoms with Gasteiger partial charge in [0.2, 0.25) is 0 Å². The Hall–Kier alpha value is -1.48. The number of nitrogens with one attached hydrogen (secondary N) is 1. The number of benzene rings is 1. The molecule has 0 atom stereocenters. The number of nitrogens with zero attached hydrogens (tertiary/aromatic N) is 1. The van der Waals surface area contributed by atoms with Crippen molar-refractivity contribution in [3.63, 3.8) is 0 Å². The van der Waals surface area contributed by atoms with Crippen LogP contribution in [0.15, 0.2) is 18.2 Å². The number of halogens is 1. The minimum Gasteiger partial charge on any atom is -0.493 e. The van der Waals surface area contributed by atoms with Gasteiger partial charge in [-0.15, -0.1) is 12.4 Å². The van der Waals surface area contributed by atoms with Gasteiger partial charge in [0.25, 0.3) is 0 Å². The Kier molecular flexibility index (Phi) is 7.34. The first-order valence-corrected chi connectivity index (χ1v) is 8.53. The number of hydrogen-bond donors (Lipinski definition) is 1. The molecule has 0 saturated heterocycles. The van der Waals surface area contributed by atoms with Gasteiger partial charge in [0.1, 0.15) is 5.75 Å². The number of rotatable bonds is 6. The Morgan fingerprint density at radius 3 is 2.38 bits per heavy atom. The van der Waals surface area contributed by atoms with E-state index in [9.17, 15) is 0 Å². The smallest absolute Gasteiger partial charge is 0.123 e. The number of unbranched alkanes of at least 4 members (excludes halogenated alkanes) is 1. The Morgan fingerprint density at radius 1 is 1.08 bits per heavy atom. The van der Waals surface area contributed by atoms with E-state index in [1.807, 2.05) is 0 Å². The van der Waals surface area contributed by atoms with Crippen LogP contribution in [0.3, 0.4) is 0 Å². The molecule has 0 unspecified atom stereocenters. The zero-order valence-electron chi connectivity index (χ0n) is 15.8. The summed E-state index contributed by atoms with van der Waals surface area (Å²) in [6.07, 6.45) is 3.25. The molecular formula is C20H31ClN2O. The van der Waals surface area contributed by atoms with Crippen LogP contribution in [-0.4, -0.2) is 16.8 Å². The number of aromatic amines is 1. The van der Waals surface area contributed by atoms with E-state index in [-0.39, 0.29) is 17.8 Å². The molecule has 0 aliphatic heterocycles. The van der Waals surface area contributed by atoms with E-state index in [0.29, 0.717) is 0 Å². The predicted octanol–water partition coefficient (Wildman–Crippen LogP) is 5.46. The lowest BCUT2D eigenvalue weighted by Gasteiger charge is -2.23. The van der Waals surface area contributed by atoms with Crippen molar-refractivity contribution in [2.45, 2.75) is 66.2 Å². The Labute approximate surface area is 152 Å². The van der Waals surface area contributed by atoms with Crippen LogP contribution in [0.4, 0.5) is 0 Å². The third kappa shape index (κ3) is 5.27. The molecular weight excluding hydrogens is 320 g/mol. The fourth-order valence-electron chi connectivity index (χ4n) is 2.88. The van der Waals surface area contributed by atoms with E-state index in [0.717, 1.165) is 37.3 Å². The summed E-state index contributed by atoms with van der Waals surface area (Å²) in [6.45, 7) is 13.8. The maximum absolute atomic E-state index is 6.08. The van der Waals surface area contributed by atoms with E-state index < -0.39 is 0 Å². The molecule has 0 aliphatic rings. The predicted molar refractivity (Wildman–Crippen MR) is 104 cm³/mol. The summed E-state index contributed by atoms with van der Waals surface area (Å²) in [4.78, 5) is 0. The quantitative estimate of drug-likeness (QED) is 0.703. The molecule has 3 nitrogen and oxygen atoms in total. The molecule has 2 rings (SSSR count). The van der Waals surface area contributed by atoms with Crippen LogP contribution in [0.2, 0.25) is 0 Å². The molecule has 0 aliphatic carbocycles. The van der Waals surface area contributed by atoms with Gasteiger partial charge in [0.05, 0.1) is 12.3 Å². The average Bonchev–Trinajstić information content (AvgIpc) is 2.78. The minimum atomic E-state index is 0. The van der Waals surface area contributed by atoms with Crippen LogP contribution in [0, 0.1) is 20.8 Å². The van der Waals surface area contributed by atoms with E-state index in [1.54, 1.807) is 0 Å². The fraction of sp³-hybridized carbons (Fsp3) is 0.550. The second kappa shape index (κ2) is 8.57. The van der Waals surface area contributed by atoms with Crippen molar-refractivity contribution >= 4 is 12.4 Å². The number of ether oxygens (including phenoxy) is 1. The molecule has 4 heteroatoms. The first-order chi connectivity index (χ1) is 10.8. The normalized spacial score (nSPS) is 11.2. The van der Waals surface area contributed by atoms with Gasteiger partial charge in [0.15, 0.2) is 0 Å². The minimum absolute atomic E-state index is 0. The third-order valence-electron chi connectivity index (χ3n) is 4.30. The van der Waals surface area contributed by atoms with E-state index >= 15 is 0 Å². The summed E-state index contributed by atoms with van der Waals surface area (Å²) in [5.41, 5.74) is 6.35. The number of hydrogen-bond acceptors (Lipinski definition) is 2. The maximum Gasteiger partial charge on any atom is 0.123 e. The lowest BCUT2D eigenvalue weighted by Crippen LogP contribution is -2.14. The van der Waals surface area contributed by atoms with Crippen molar-refractivity contribution in [3.05, 3.63) is 46.3 Å². The largest absolute Gasteiger partial charge is 0.493 e. The molecule has 24 heavy (non-hydrogen) atoms. The van der Waals surface area contributed by atoms with Gasteiger partial charge in [-0.25, -0.2) is 0 Å². The molecule has 0 fully saturated rings. The summed E-state index contributed by atoms with van der Waals surface area (Å²) >= 11 is 0. The second-order valence-corrected chi connectivity index (χ2v) is 7.47. The lowest BCUT2D eigenvalue weighted by atomic mass is 9.85. The highest BCUT2D eigenvalue weighted by Crippen LogP contribution is 2.32. The zero-order valence-corrected chi connectivity index (χ0v) is 16.6. The highest BCUT2D eigenvalue weighted by molar-refractivity contribution is 5.85. The molecule has 0 bridgehead atoms. The molecule has 1 heterocycles. The Morgan fingerprint density at radius 2 is 1.79 bits per heavy atom. The van der Waals surface area contributed by atoms with Crippen molar-refractivity contribution in [1.29, 1.82) is 0 Å². The van der Waals surface area contributed by atoms with Gasteiger partial charge in [-0.05, 0) is 62.6 Å². The van der Waals surface area contributed by atoms with Crippen molar-refractivity contribution in [2.24, 2.45) is 0 Å². The van der Waals surface area contributed by atoms with E-state index in [2.05, 4.69) is 69.9 Å². The highest BCUT2D eigenvalue weighted by Gasteiger charge is 2.19. The van der Waals surface area contributed by atoms with Crippen LogP contribution in [0.1, 0.15) is 61.7 Å². The van der Waals surface area contributed by atoms with Crippen LogP contribution < -0.4 is 4.74 Å². The molecule has 1 aromatic heterocycles. The summed E-state index contributed by atoms with van der Waals surface area (Å²) in [6, 6.07) is 6.48. The van der Waals surface area contributed by atoms with Gasteiger partial charge in [-0.1, -0.05) is 38.5 Å². The second-order valence-electron chi connectivity index (χ2n) is 7.47. The summed E-state index contributed by atoms with van der Waals surface area (Å²) < 4.78 is 6.08. The van der Waals surface area contributed by atoms with Crippen molar-refractivity contribution < 1.29 is 4.74 Å². The fourth-order valence-corrected chi connectivity index (χ4v) is 2.88. The molecule has 2 aromatic rings. The van der Waals surface area contributed by atoms with Crippen molar-refractivity contribution in [2.75, 3.05) is 6.61 Å². The topological polar surface area (TPSA) is 37.9 Å². The maximum atomic E-state index is 6.08. The first-order valence-electron chi connectivity index (χ1n) is 8.53. The molecule has 134 valence electrons. The molecule has 1 aromatic carbocycles.